The predicted octanol–water partition coefficient (Wildman–Crippen LogP) is 3.57. The SMILES string of the molecule is O=C1NC(c2ccccc2)(c2ccccc2)C(=O)N1Cc1nc2cc(Cl)ccc2c(=O)[nH]1. The van der Waals surface area contributed by atoms with E-state index in [1.54, 1.807) is 42.5 Å². The maximum atomic E-state index is 13.7. The van der Waals surface area contributed by atoms with E-state index in [1.165, 1.54) is 0 Å². The van der Waals surface area contributed by atoms with Gasteiger partial charge in [-0.15, -0.1) is 0 Å². The number of urea groups is 1. The van der Waals surface area contributed by atoms with Crippen LogP contribution in [0.5, 0.6) is 0 Å². The summed E-state index contributed by atoms with van der Waals surface area (Å²) in [5.74, 6) is -0.265. The lowest BCUT2D eigenvalue weighted by Crippen LogP contribution is -2.45. The molecule has 32 heavy (non-hydrogen) atoms. The lowest BCUT2D eigenvalue weighted by molar-refractivity contribution is -0.130. The smallest absolute Gasteiger partial charge is 0.315 e. The highest BCUT2D eigenvalue weighted by Crippen LogP contribution is 2.36. The molecule has 1 aliphatic heterocycles. The number of aromatic nitrogens is 2. The number of carbonyl (C=O) groups is 2. The highest BCUT2D eigenvalue weighted by Gasteiger charge is 2.53. The second-order valence-electron chi connectivity index (χ2n) is 7.48. The van der Waals surface area contributed by atoms with E-state index < -0.39 is 17.5 Å². The lowest BCUT2D eigenvalue weighted by Gasteiger charge is -2.28. The highest BCUT2D eigenvalue weighted by molar-refractivity contribution is 6.31. The van der Waals surface area contributed by atoms with Gasteiger partial charge in [-0.05, 0) is 29.3 Å². The van der Waals surface area contributed by atoms with Crippen molar-refractivity contribution in [1.82, 2.24) is 20.2 Å². The van der Waals surface area contributed by atoms with Gasteiger partial charge in [0, 0.05) is 5.02 Å². The fourth-order valence-corrected chi connectivity index (χ4v) is 4.21. The molecule has 5 rings (SSSR count). The molecule has 158 valence electrons. The summed E-state index contributed by atoms with van der Waals surface area (Å²) in [5, 5.41) is 3.68. The minimum atomic E-state index is -1.37. The Morgan fingerprint density at radius 3 is 2.12 bits per heavy atom. The Kier molecular flexibility index (Phi) is 4.75. The average molecular weight is 445 g/mol. The molecule has 1 fully saturated rings. The number of halogens is 1. The van der Waals surface area contributed by atoms with Gasteiger partial charge in [-0.1, -0.05) is 72.3 Å². The number of imide groups is 1. The molecule has 0 unspecified atom stereocenters. The summed E-state index contributed by atoms with van der Waals surface area (Å²) in [4.78, 5) is 47.4. The van der Waals surface area contributed by atoms with E-state index in [0.29, 0.717) is 27.1 Å². The summed E-state index contributed by atoms with van der Waals surface area (Å²) in [7, 11) is 0. The molecule has 0 saturated carbocycles. The first-order chi connectivity index (χ1) is 15.5. The molecule has 0 radical (unpaired) electrons. The third-order valence-electron chi connectivity index (χ3n) is 5.54. The monoisotopic (exact) mass is 444 g/mol. The molecule has 2 heterocycles. The fraction of sp³-hybridized carbons (Fsp3) is 0.0833. The zero-order valence-corrected chi connectivity index (χ0v) is 17.5. The number of H-pyrrole nitrogens is 1. The predicted molar refractivity (Wildman–Crippen MR) is 120 cm³/mol. The first kappa shape index (κ1) is 20.0. The normalized spacial score (nSPS) is 15.2. The summed E-state index contributed by atoms with van der Waals surface area (Å²) in [6.45, 7) is -0.191. The van der Waals surface area contributed by atoms with Gasteiger partial charge in [-0.2, -0.15) is 0 Å². The number of aromatic amines is 1. The van der Waals surface area contributed by atoms with E-state index in [4.69, 9.17) is 11.6 Å². The molecule has 0 spiro atoms. The van der Waals surface area contributed by atoms with Crippen molar-refractivity contribution in [3.05, 3.63) is 111 Å². The van der Waals surface area contributed by atoms with Gasteiger partial charge in [0.05, 0.1) is 17.4 Å². The van der Waals surface area contributed by atoms with Crippen LogP contribution in [-0.4, -0.2) is 26.8 Å². The van der Waals surface area contributed by atoms with Gasteiger partial charge in [0.25, 0.3) is 11.5 Å². The van der Waals surface area contributed by atoms with Crippen LogP contribution in [0.25, 0.3) is 10.9 Å². The van der Waals surface area contributed by atoms with Gasteiger partial charge in [0.2, 0.25) is 0 Å². The van der Waals surface area contributed by atoms with E-state index >= 15 is 0 Å². The van der Waals surface area contributed by atoms with Crippen LogP contribution in [0, 0.1) is 0 Å². The molecule has 4 aromatic rings. The molecule has 8 heteroatoms. The number of nitrogens with zero attached hydrogens (tertiary/aromatic N) is 2. The maximum Gasteiger partial charge on any atom is 0.325 e. The van der Waals surface area contributed by atoms with E-state index in [9.17, 15) is 14.4 Å². The summed E-state index contributed by atoms with van der Waals surface area (Å²) in [6, 6.07) is 22.3. The molecule has 3 amide bonds. The molecule has 7 nitrogen and oxygen atoms in total. The van der Waals surface area contributed by atoms with Crippen molar-refractivity contribution in [1.29, 1.82) is 0 Å². The van der Waals surface area contributed by atoms with Crippen LogP contribution in [-0.2, 0) is 16.9 Å². The Hall–Kier alpha value is -3.97. The largest absolute Gasteiger partial charge is 0.325 e. The molecule has 0 bridgehead atoms. The van der Waals surface area contributed by atoms with E-state index in [0.717, 1.165) is 4.90 Å². The highest BCUT2D eigenvalue weighted by atomic mass is 35.5. The standard InChI is InChI=1S/C24H17ClN4O3/c25-17-11-12-18-19(13-17)26-20(27-21(18)30)14-29-22(31)24(28-23(29)32,15-7-3-1-4-8-15)16-9-5-2-6-10-16/h1-13H,14H2,(H,28,32)(H,26,27,30). The first-order valence-electron chi connectivity index (χ1n) is 9.92. The van der Waals surface area contributed by atoms with Gasteiger partial charge in [0.1, 0.15) is 5.82 Å². The van der Waals surface area contributed by atoms with Crippen molar-refractivity contribution >= 4 is 34.4 Å². The van der Waals surface area contributed by atoms with Crippen LogP contribution in [0.2, 0.25) is 5.02 Å². The molecule has 1 aliphatic rings. The van der Waals surface area contributed by atoms with E-state index in [1.807, 2.05) is 36.4 Å². The molecule has 0 aliphatic carbocycles. The van der Waals surface area contributed by atoms with Gasteiger partial charge in [-0.25, -0.2) is 9.78 Å². The van der Waals surface area contributed by atoms with Crippen molar-refractivity contribution in [3.63, 3.8) is 0 Å². The van der Waals surface area contributed by atoms with Crippen LogP contribution in [0.1, 0.15) is 17.0 Å². The number of nitrogens with one attached hydrogen (secondary N) is 2. The quantitative estimate of drug-likeness (QED) is 0.470. The fourth-order valence-electron chi connectivity index (χ4n) is 4.04. The third kappa shape index (κ3) is 3.14. The van der Waals surface area contributed by atoms with Crippen molar-refractivity contribution in [3.8, 4) is 0 Å². The van der Waals surface area contributed by atoms with Crippen LogP contribution in [0.3, 0.4) is 0 Å². The van der Waals surface area contributed by atoms with E-state index in [2.05, 4.69) is 15.3 Å². The Balaban J connectivity index is 1.59. The molecule has 1 saturated heterocycles. The zero-order chi connectivity index (χ0) is 22.3. The van der Waals surface area contributed by atoms with Gasteiger partial charge < -0.3 is 10.3 Å². The summed E-state index contributed by atoms with van der Waals surface area (Å²) < 4.78 is 0. The van der Waals surface area contributed by atoms with Crippen LogP contribution < -0.4 is 10.9 Å². The Labute approximate surface area is 187 Å². The molecular formula is C24H17ClN4O3. The number of carbonyl (C=O) groups excluding carboxylic acids is 2. The van der Waals surface area contributed by atoms with Crippen molar-refractivity contribution in [2.45, 2.75) is 12.1 Å². The number of hydrogen-bond acceptors (Lipinski definition) is 4. The number of hydrogen-bond donors (Lipinski definition) is 2. The topological polar surface area (TPSA) is 95.2 Å². The Morgan fingerprint density at radius 2 is 1.50 bits per heavy atom. The minimum absolute atomic E-state index is 0.185. The number of benzene rings is 3. The number of amides is 3. The van der Waals surface area contributed by atoms with Crippen molar-refractivity contribution in [2.75, 3.05) is 0 Å². The van der Waals surface area contributed by atoms with E-state index in [-0.39, 0.29) is 17.9 Å². The van der Waals surface area contributed by atoms with Crippen LogP contribution in [0.15, 0.2) is 83.7 Å². The third-order valence-corrected chi connectivity index (χ3v) is 5.78. The first-order valence-corrected chi connectivity index (χ1v) is 10.3. The van der Waals surface area contributed by atoms with Gasteiger partial charge >= 0.3 is 6.03 Å². The summed E-state index contributed by atoms with van der Waals surface area (Å²) in [6.07, 6.45) is 0. The Bertz CT molecular complexity index is 1360. The van der Waals surface area contributed by atoms with Crippen LogP contribution in [0.4, 0.5) is 4.79 Å². The van der Waals surface area contributed by atoms with Gasteiger partial charge in [-0.3, -0.25) is 14.5 Å². The summed E-state index contributed by atoms with van der Waals surface area (Å²) >= 11 is 6.03. The molecule has 3 aromatic carbocycles. The van der Waals surface area contributed by atoms with Crippen LogP contribution >= 0.6 is 11.6 Å². The molecule has 2 N–H and O–H groups in total. The molecule has 0 atom stereocenters. The second-order valence-corrected chi connectivity index (χ2v) is 7.91. The molecule has 1 aromatic heterocycles. The van der Waals surface area contributed by atoms with Gasteiger partial charge in [0.15, 0.2) is 5.54 Å². The minimum Gasteiger partial charge on any atom is -0.315 e. The lowest BCUT2D eigenvalue weighted by atomic mass is 9.82. The summed E-state index contributed by atoms with van der Waals surface area (Å²) in [5.41, 5.74) is -0.0792. The average Bonchev–Trinajstić information content (AvgIpc) is 3.05. The van der Waals surface area contributed by atoms with Crippen molar-refractivity contribution in [2.24, 2.45) is 0 Å². The maximum absolute atomic E-state index is 13.7. The second kappa shape index (κ2) is 7.62. The zero-order valence-electron chi connectivity index (χ0n) is 16.7. The van der Waals surface area contributed by atoms with Crippen molar-refractivity contribution < 1.29 is 9.59 Å². The number of rotatable bonds is 4. The number of fused-ring (bicyclic) bond motifs is 1. The Morgan fingerprint density at radius 1 is 0.875 bits per heavy atom. The molecular weight excluding hydrogens is 428 g/mol.